The molecule has 1 aliphatic rings. The summed E-state index contributed by atoms with van der Waals surface area (Å²) in [6, 6.07) is 0. The molecule has 0 spiro atoms. The van der Waals surface area contributed by atoms with E-state index in [1.165, 1.54) is 17.8 Å². The number of ether oxygens (including phenoxy) is 2. The van der Waals surface area contributed by atoms with Gasteiger partial charge in [0.2, 0.25) is 0 Å². The molecule has 2 unspecified atom stereocenters. The number of aliphatic hydroxyl groups is 3. The zero-order valence-electron chi connectivity index (χ0n) is 13.5. The highest BCUT2D eigenvalue weighted by Gasteiger charge is 2.53. The summed E-state index contributed by atoms with van der Waals surface area (Å²) in [5.41, 5.74) is 10.3. The molecule has 2 aromatic rings. The second-order valence-corrected chi connectivity index (χ2v) is 5.83. The van der Waals surface area contributed by atoms with E-state index in [0.29, 0.717) is 16.6 Å². The first-order valence-corrected chi connectivity index (χ1v) is 7.52. The van der Waals surface area contributed by atoms with Crippen molar-refractivity contribution in [3.8, 4) is 12.0 Å². The lowest BCUT2D eigenvalue weighted by Crippen LogP contribution is -2.44. The van der Waals surface area contributed by atoms with Crippen LogP contribution in [-0.4, -0.2) is 61.0 Å². The maximum absolute atomic E-state index is 10.7. The van der Waals surface area contributed by atoms with E-state index in [1.807, 2.05) is 0 Å². The zero-order valence-corrected chi connectivity index (χ0v) is 13.5. The fourth-order valence-electron chi connectivity index (χ4n) is 2.90. The number of hydrogen-bond donors (Lipinski definition) is 5. The van der Waals surface area contributed by atoms with Gasteiger partial charge in [-0.25, -0.2) is 9.97 Å². The van der Waals surface area contributed by atoms with E-state index in [4.69, 9.17) is 20.9 Å². The van der Waals surface area contributed by atoms with Crippen LogP contribution in [0.15, 0.2) is 12.5 Å². The van der Waals surface area contributed by atoms with Crippen molar-refractivity contribution in [2.24, 2.45) is 5.73 Å². The van der Waals surface area contributed by atoms with Crippen LogP contribution in [0.5, 0.6) is 0 Å². The Morgan fingerprint density at radius 3 is 2.88 bits per heavy atom. The van der Waals surface area contributed by atoms with E-state index < -0.39 is 30.6 Å². The van der Waals surface area contributed by atoms with Crippen molar-refractivity contribution in [2.75, 3.05) is 19.1 Å². The monoisotopic (exact) mass is 349 g/mol. The average molecular weight is 349 g/mol. The fourth-order valence-corrected chi connectivity index (χ4v) is 2.90. The molecule has 2 aromatic heterocycles. The lowest BCUT2D eigenvalue weighted by Gasteiger charge is -2.27. The van der Waals surface area contributed by atoms with E-state index in [0.717, 1.165) is 0 Å². The summed E-state index contributed by atoms with van der Waals surface area (Å²) in [5, 5.41) is 30.7. The first-order chi connectivity index (χ1) is 11.9. The minimum absolute atomic E-state index is 0.0670. The molecule has 1 aliphatic heterocycles. The Hall–Kier alpha value is -2.42. The summed E-state index contributed by atoms with van der Waals surface area (Å²) in [7, 11) is 0. The Labute approximate surface area is 143 Å². The lowest BCUT2D eigenvalue weighted by molar-refractivity contribution is -0.0948. The maximum Gasteiger partial charge on any atom is 0.167 e. The molecule has 10 heteroatoms. The molecule has 7 N–H and O–H groups in total. The molecule has 0 amide bonds. The highest BCUT2D eigenvalue weighted by molar-refractivity contribution is 5.92. The molecule has 0 aromatic carbocycles. The Balaban J connectivity index is 2.15. The zero-order chi connectivity index (χ0) is 18.2. The van der Waals surface area contributed by atoms with E-state index in [-0.39, 0.29) is 12.5 Å². The van der Waals surface area contributed by atoms with Gasteiger partial charge in [0.15, 0.2) is 6.23 Å². The van der Waals surface area contributed by atoms with Crippen molar-refractivity contribution in [3.63, 3.8) is 0 Å². The Morgan fingerprint density at radius 1 is 1.48 bits per heavy atom. The second kappa shape index (κ2) is 6.47. The van der Waals surface area contributed by atoms with Gasteiger partial charge in [-0.2, -0.15) is 0 Å². The molecule has 10 nitrogen and oxygen atoms in total. The van der Waals surface area contributed by atoms with Gasteiger partial charge in [-0.3, -0.25) is 5.73 Å². The summed E-state index contributed by atoms with van der Waals surface area (Å²) < 4.78 is 11.9. The molecule has 0 aliphatic carbocycles. The van der Waals surface area contributed by atoms with Gasteiger partial charge in [0.1, 0.15) is 48.4 Å². The van der Waals surface area contributed by atoms with Crippen molar-refractivity contribution in [1.82, 2.24) is 14.5 Å². The molecular formula is C15H19N5O5. The number of aliphatic hydroxyl groups excluding tert-OH is 2. The molecule has 1 saturated heterocycles. The van der Waals surface area contributed by atoms with Gasteiger partial charge in [0.05, 0.1) is 17.6 Å². The lowest BCUT2D eigenvalue weighted by atomic mass is 9.96. The van der Waals surface area contributed by atoms with Crippen LogP contribution >= 0.6 is 0 Å². The largest absolute Gasteiger partial charge is 0.431 e. The minimum Gasteiger partial charge on any atom is -0.431 e. The van der Waals surface area contributed by atoms with Crippen LogP contribution in [0.2, 0.25) is 0 Å². The normalized spacial score (nSPS) is 28.8. The molecule has 134 valence electrons. The predicted molar refractivity (Wildman–Crippen MR) is 86.6 cm³/mol. The summed E-state index contributed by atoms with van der Waals surface area (Å²) in [6.07, 6.45) is 2.03. The van der Waals surface area contributed by atoms with E-state index in [9.17, 15) is 15.3 Å². The first-order valence-electron chi connectivity index (χ1n) is 7.52. The molecule has 0 saturated carbocycles. The van der Waals surface area contributed by atoms with Crippen molar-refractivity contribution in [2.45, 2.75) is 31.0 Å². The van der Waals surface area contributed by atoms with Gasteiger partial charge >= 0.3 is 0 Å². The number of nitrogens with zero attached hydrogens (tertiary/aromatic N) is 3. The summed E-state index contributed by atoms with van der Waals surface area (Å²) in [5.74, 6) is 2.95. The molecule has 1 fully saturated rings. The third-order valence-corrected chi connectivity index (χ3v) is 4.17. The molecule has 25 heavy (non-hydrogen) atoms. The Kier molecular flexibility index (Phi) is 4.51. The van der Waals surface area contributed by atoms with Crippen molar-refractivity contribution in [1.29, 1.82) is 0 Å². The highest BCUT2D eigenvalue weighted by Crippen LogP contribution is 2.40. The molecular weight excluding hydrogens is 330 g/mol. The standard InChI is InChI=1S/C15H19N5O5/c1-15(23)11(22)9(5-21)25-14(15)20-4-8(2-3-24-6-16)10-12(17)18-7-19-13(10)20/h4,7,9,11,14,21-23H,5-6,16H2,1H3,(H2,17,18,19)/t9?,11-,14?,15+/m1/s1. The molecule has 4 atom stereocenters. The van der Waals surface area contributed by atoms with Gasteiger partial charge in [0, 0.05) is 6.20 Å². The summed E-state index contributed by atoms with van der Waals surface area (Å²) in [6.45, 7) is 0.904. The van der Waals surface area contributed by atoms with Crippen LogP contribution in [0, 0.1) is 12.0 Å². The number of rotatable bonds is 3. The van der Waals surface area contributed by atoms with Crippen LogP contribution in [0.25, 0.3) is 11.0 Å². The van der Waals surface area contributed by atoms with Gasteiger partial charge in [0.25, 0.3) is 0 Å². The molecule has 3 rings (SSSR count). The van der Waals surface area contributed by atoms with Crippen LogP contribution in [0.4, 0.5) is 5.82 Å². The van der Waals surface area contributed by atoms with Crippen molar-refractivity contribution >= 4 is 16.9 Å². The van der Waals surface area contributed by atoms with Crippen LogP contribution in [0.1, 0.15) is 18.7 Å². The number of fused-ring (bicyclic) bond motifs is 1. The SMILES string of the molecule is C[C@@]1(O)C(n2cc(C#COCN)c3c(N)ncnc32)OC(CO)[C@H]1O. The minimum atomic E-state index is -1.67. The summed E-state index contributed by atoms with van der Waals surface area (Å²) >= 11 is 0. The van der Waals surface area contributed by atoms with Gasteiger partial charge in [-0.15, -0.1) is 0 Å². The smallest absolute Gasteiger partial charge is 0.167 e. The van der Waals surface area contributed by atoms with Crippen molar-refractivity contribution < 1.29 is 24.8 Å². The van der Waals surface area contributed by atoms with E-state index >= 15 is 0 Å². The highest BCUT2D eigenvalue weighted by atomic mass is 16.6. The number of hydrogen-bond acceptors (Lipinski definition) is 9. The molecule has 0 bridgehead atoms. The Morgan fingerprint density at radius 2 is 2.24 bits per heavy atom. The van der Waals surface area contributed by atoms with Crippen LogP contribution < -0.4 is 11.5 Å². The van der Waals surface area contributed by atoms with Crippen LogP contribution in [0.3, 0.4) is 0 Å². The number of nitrogen functional groups attached to an aromatic ring is 1. The van der Waals surface area contributed by atoms with Crippen molar-refractivity contribution in [3.05, 3.63) is 18.1 Å². The molecule has 3 heterocycles. The predicted octanol–water partition coefficient (Wildman–Crippen LogP) is -1.74. The Bertz CT molecular complexity index is 840. The summed E-state index contributed by atoms with van der Waals surface area (Å²) in [4.78, 5) is 8.13. The average Bonchev–Trinajstić information content (AvgIpc) is 3.05. The van der Waals surface area contributed by atoms with E-state index in [2.05, 4.69) is 22.0 Å². The van der Waals surface area contributed by atoms with Gasteiger partial charge in [-0.05, 0) is 12.8 Å². The van der Waals surface area contributed by atoms with Gasteiger partial charge < -0.3 is 35.1 Å². The first kappa shape index (κ1) is 17.4. The quantitative estimate of drug-likeness (QED) is 0.320. The maximum atomic E-state index is 10.7. The third kappa shape index (κ3) is 2.78. The van der Waals surface area contributed by atoms with Gasteiger partial charge in [-0.1, -0.05) is 0 Å². The van der Waals surface area contributed by atoms with E-state index in [1.54, 1.807) is 6.20 Å². The topological polar surface area (TPSA) is 162 Å². The number of anilines is 1. The second-order valence-electron chi connectivity index (χ2n) is 5.83. The molecule has 0 radical (unpaired) electrons. The third-order valence-electron chi connectivity index (χ3n) is 4.17. The van der Waals surface area contributed by atoms with Crippen LogP contribution in [-0.2, 0) is 9.47 Å². The number of nitrogens with two attached hydrogens (primary N) is 2. The number of aromatic nitrogens is 3. The fraction of sp³-hybridized carbons (Fsp3) is 0.467.